The molecule has 1 aromatic carbocycles. The molecular formula is C14H11BrO2S. The smallest absolute Gasteiger partial charge is 0.185 e. The fraction of sp³-hybridized carbons (Fsp3) is 0.0714. The lowest BCUT2D eigenvalue weighted by Gasteiger charge is -2.00. The van der Waals surface area contributed by atoms with Gasteiger partial charge in [-0.2, -0.15) is 0 Å². The Morgan fingerprint density at radius 2 is 2.22 bits per heavy atom. The SMILES string of the molecule is COc1cccc(C(=O)C=Cc2csc(Br)c2)c1. The van der Waals surface area contributed by atoms with Crippen LogP contribution in [-0.4, -0.2) is 12.9 Å². The van der Waals surface area contributed by atoms with Crippen molar-refractivity contribution < 1.29 is 9.53 Å². The normalized spacial score (nSPS) is 10.8. The average molecular weight is 323 g/mol. The molecule has 0 aliphatic carbocycles. The molecule has 0 aliphatic rings. The van der Waals surface area contributed by atoms with Crippen LogP contribution in [0.25, 0.3) is 6.08 Å². The van der Waals surface area contributed by atoms with Crippen LogP contribution in [-0.2, 0) is 0 Å². The molecule has 0 spiro atoms. The van der Waals surface area contributed by atoms with Gasteiger partial charge in [0.2, 0.25) is 0 Å². The number of rotatable bonds is 4. The third kappa shape index (κ3) is 3.31. The topological polar surface area (TPSA) is 26.3 Å². The molecule has 92 valence electrons. The Morgan fingerprint density at radius 1 is 1.39 bits per heavy atom. The predicted octanol–water partition coefficient (Wildman–Crippen LogP) is 4.42. The van der Waals surface area contributed by atoms with Gasteiger partial charge in [-0.25, -0.2) is 0 Å². The van der Waals surface area contributed by atoms with Gasteiger partial charge in [0.1, 0.15) is 5.75 Å². The molecule has 2 aromatic rings. The summed E-state index contributed by atoms with van der Waals surface area (Å²) in [7, 11) is 1.59. The monoisotopic (exact) mass is 322 g/mol. The summed E-state index contributed by atoms with van der Waals surface area (Å²) in [4.78, 5) is 11.9. The lowest BCUT2D eigenvalue weighted by Crippen LogP contribution is -1.94. The fourth-order valence-corrected chi connectivity index (χ4v) is 2.60. The largest absolute Gasteiger partial charge is 0.497 e. The van der Waals surface area contributed by atoms with Crippen LogP contribution in [0.15, 0.2) is 45.6 Å². The summed E-state index contributed by atoms with van der Waals surface area (Å²) in [6.07, 6.45) is 3.38. The van der Waals surface area contributed by atoms with Crippen molar-refractivity contribution in [3.63, 3.8) is 0 Å². The first-order valence-electron chi connectivity index (χ1n) is 5.29. The highest BCUT2D eigenvalue weighted by Gasteiger charge is 2.03. The van der Waals surface area contributed by atoms with Gasteiger partial charge in [-0.1, -0.05) is 18.2 Å². The molecular weight excluding hydrogens is 312 g/mol. The van der Waals surface area contributed by atoms with Crippen LogP contribution in [0.2, 0.25) is 0 Å². The molecule has 0 N–H and O–H groups in total. The van der Waals surface area contributed by atoms with E-state index in [4.69, 9.17) is 4.74 Å². The molecule has 0 atom stereocenters. The predicted molar refractivity (Wildman–Crippen MR) is 78.4 cm³/mol. The minimum absolute atomic E-state index is 0.0313. The van der Waals surface area contributed by atoms with Crippen LogP contribution in [0.5, 0.6) is 5.75 Å². The highest BCUT2D eigenvalue weighted by molar-refractivity contribution is 9.11. The molecule has 1 heterocycles. The van der Waals surface area contributed by atoms with Crippen molar-refractivity contribution in [2.24, 2.45) is 0 Å². The first kappa shape index (κ1) is 13.1. The third-order valence-electron chi connectivity index (χ3n) is 2.37. The van der Waals surface area contributed by atoms with Gasteiger partial charge in [0.25, 0.3) is 0 Å². The number of carbonyl (C=O) groups excluding carboxylic acids is 1. The summed E-state index contributed by atoms with van der Waals surface area (Å²) < 4.78 is 6.14. The molecule has 2 rings (SSSR count). The number of hydrogen-bond acceptors (Lipinski definition) is 3. The van der Waals surface area contributed by atoms with Crippen molar-refractivity contribution >= 4 is 39.1 Å². The van der Waals surface area contributed by atoms with E-state index in [9.17, 15) is 4.79 Å². The second-order valence-corrected chi connectivity index (χ2v) is 5.90. The van der Waals surface area contributed by atoms with E-state index in [1.807, 2.05) is 23.6 Å². The molecule has 18 heavy (non-hydrogen) atoms. The minimum atomic E-state index is -0.0313. The number of hydrogen-bond donors (Lipinski definition) is 0. The number of ether oxygens (including phenoxy) is 1. The van der Waals surface area contributed by atoms with E-state index in [-0.39, 0.29) is 5.78 Å². The van der Waals surface area contributed by atoms with Crippen molar-refractivity contribution in [2.75, 3.05) is 7.11 Å². The van der Waals surface area contributed by atoms with Gasteiger partial charge in [-0.05, 0) is 51.1 Å². The zero-order valence-electron chi connectivity index (χ0n) is 9.72. The summed E-state index contributed by atoms with van der Waals surface area (Å²) in [6.45, 7) is 0. The Kier molecular flexibility index (Phi) is 4.33. The van der Waals surface area contributed by atoms with Gasteiger partial charge in [-0.15, -0.1) is 11.3 Å². The first-order chi connectivity index (χ1) is 8.69. The number of allylic oxidation sites excluding steroid dienone is 1. The zero-order chi connectivity index (χ0) is 13.0. The van der Waals surface area contributed by atoms with Gasteiger partial charge in [0.15, 0.2) is 5.78 Å². The number of thiophene rings is 1. The van der Waals surface area contributed by atoms with E-state index in [0.29, 0.717) is 11.3 Å². The number of ketones is 1. The van der Waals surface area contributed by atoms with E-state index in [2.05, 4.69) is 15.9 Å². The van der Waals surface area contributed by atoms with Crippen molar-refractivity contribution in [2.45, 2.75) is 0 Å². The van der Waals surface area contributed by atoms with E-state index in [1.165, 1.54) is 0 Å². The van der Waals surface area contributed by atoms with E-state index < -0.39 is 0 Å². The molecule has 0 saturated heterocycles. The quantitative estimate of drug-likeness (QED) is 0.615. The number of carbonyl (C=O) groups is 1. The Balaban J connectivity index is 2.14. The number of benzene rings is 1. The molecule has 0 amide bonds. The summed E-state index contributed by atoms with van der Waals surface area (Å²) in [5, 5.41) is 1.99. The molecule has 0 bridgehead atoms. The molecule has 2 nitrogen and oxygen atoms in total. The molecule has 0 radical (unpaired) electrons. The van der Waals surface area contributed by atoms with E-state index in [1.54, 1.807) is 42.7 Å². The average Bonchev–Trinajstić information content (AvgIpc) is 2.82. The highest BCUT2D eigenvalue weighted by Crippen LogP contribution is 2.21. The van der Waals surface area contributed by atoms with E-state index >= 15 is 0 Å². The molecule has 0 saturated carbocycles. The zero-order valence-corrected chi connectivity index (χ0v) is 12.1. The van der Waals surface area contributed by atoms with Crippen molar-refractivity contribution in [1.29, 1.82) is 0 Å². The fourth-order valence-electron chi connectivity index (χ4n) is 1.46. The van der Waals surface area contributed by atoms with Crippen molar-refractivity contribution in [3.8, 4) is 5.75 Å². The maximum Gasteiger partial charge on any atom is 0.185 e. The van der Waals surface area contributed by atoms with Crippen LogP contribution in [0.1, 0.15) is 15.9 Å². The van der Waals surface area contributed by atoms with Gasteiger partial charge in [-0.3, -0.25) is 4.79 Å². The summed E-state index contributed by atoms with van der Waals surface area (Å²) >= 11 is 4.98. The molecule has 0 aliphatic heterocycles. The summed E-state index contributed by atoms with van der Waals surface area (Å²) in [5.74, 6) is 0.656. The lowest BCUT2D eigenvalue weighted by molar-refractivity contribution is 0.104. The Morgan fingerprint density at radius 3 is 2.89 bits per heavy atom. The Hall–Kier alpha value is -1.39. The highest BCUT2D eigenvalue weighted by atomic mass is 79.9. The van der Waals surface area contributed by atoms with Gasteiger partial charge in [0.05, 0.1) is 10.9 Å². The van der Waals surface area contributed by atoms with Crippen LogP contribution in [0.4, 0.5) is 0 Å². The minimum Gasteiger partial charge on any atom is -0.497 e. The standard InChI is InChI=1S/C14H11BrO2S/c1-17-12-4-2-3-11(8-12)13(16)6-5-10-7-14(15)18-9-10/h2-9H,1H3. The van der Waals surface area contributed by atoms with Crippen molar-refractivity contribution in [3.05, 3.63) is 56.7 Å². The summed E-state index contributed by atoms with van der Waals surface area (Å²) in [6, 6.07) is 9.10. The second kappa shape index (κ2) is 5.98. The Bertz CT molecular complexity index is 587. The second-order valence-electron chi connectivity index (χ2n) is 3.61. The summed E-state index contributed by atoms with van der Waals surface area (Å²) in [5.41, 5.74) is 1.64. The van der Waals surface area contributed by atoms with Crippen LogP contribution in [0, 0.1) is 0 Å². The van der Waals surface area contributed by atoms with Gasteiger partial charge < -0.3 is 4.74 Å². The first-order valence-corrected chi connectivity index (χ1v) is 6.97. The molecule has 0 unspecified atom stereocenters. The van der Waals surface area contributed by atoms with Gasteiger partial charge in [0, 0.05) is 5.56 Å². The lowest BCUT2D eigenvalue weighted by atomic mass is 10.1. The van der Waals surface area contributed by atoms with Crippen LogP contribution in [0.3, 0.4) is 0 Å². The number of methoxy groups -OCH3 is 1. The van der Waals surface area contributed by atoms with Crippen LogP contribution >= 0.6 is 27.3 Å². The molecule has 0 fully saturated rings. The Labute approximate surface area is 118 Å². The molecule has 4 heteroatoms. The maximum atomic E-state index is 11.9. The molecule has 1 aromatic heterocycles. The third-order valence-corrected chi connectivity index (χ3v) is 3.89. The van der Waals surface area contributed by atoms with E-state index in [0.717, 1.165) is 9.35 Å². The number of halogens is 1. The van der Waals surface area contributed by atoms with Gasteiger partial charge >= 0.3 is 0 Å². The maximum absolute atomic E-state index is 11.9. The van der Waals surface area contributed by atoms with Crippen LogP contribution < -0.4 is 4.74 Å². The van der Waals surface area contributed by atoms with Crippen molar-refractivity contribution in [1.82, 2.24) is 0 Å².